The van der Waals surface area contributed by atoms with Gasteiger partial charge in [-0.15, -0.1) is 11.3 Å². The average molecular weight is 393 g/mol. The first-order chi connectivity index (χ1) is 11.6. The van der Waals surface area contributed by atoms with Crippen LogP contribution in [0.4, 0.5) is 18.3 Å². The molecule has 10 heteroatoms. The van der Waals surface area contributed by atoms with E-state index in [1.165, 1.54) is 18.3 Å². The number of rotatable bonds is 4. The second-order valence-electron chi connectivity index (χ2n) is 6.09. The summed E-state index contributed by atoms with van der Waals surface area (Å²) in [5, 5.41) is 6.25. The third kappa shape index (κ3) is 3.52. The lowest BCUT2D eigenvalue weighted by Gasteiger charge is -2.14. The fourth-order valence-electron chi connectivity index (χ4n) is 2.47. The smallest absolute Gasteiger partial charge is 0.300 e. The Labute approximate surface area is 151 Å². The molecule has 0 aromatic carbocycles. The number of aryl methyl sites for hydroxylation is 2. The van der Waals surface area contributed by atoms with Gasteiger partial charge in [-0.05, 0) is 33.6 Å². The zero-order valence-corrected chi connectivity index (χ0v) is 15.3. The normalized spacial score (nSPS) is 16.1. The van der Waals surface area contributed by atoms with Gasteiger partial charge in [-0.2, -0.15) is 18.3 Å². The van der Waals surface area contributed by atoms with E-state index >= 15 is 0 Å². The predicted molar refractivity (Wildman–Crippen MR) is 89.1 cm³/mol. The van der Waals surface area contributed by atoms with Gasteiger partial charge < -0.3 is 5.32 Å². The number of amides is 1. The number of anilines is 1. The molecule has 5 nitrogen and oxygen atoms in total. The predicted octanol–water partition coefficient (Wildman–Crippen LogP) is 4.71. The molecule has 2 aromatic heterocycles. The van der Waals surface area contributed by atoms with Crippen LogP contribution in [0.25, 0.3) is 0 Å². The lowest BCUT2D eigenvalue weighted by molar-refractivity contribution is -0.141. The first-order valence-corrected chi connectivity index (χ1v) is 8.89. The monoisotopic (exact) mass is 392 g/mol. The van der Waals surface area contributed by atoms with Crippen molar-refractivity contribution in [1.82, 2.24) is 14.8 Å². The number of carbonyl (C=O) groups excluding carboxylic acids is 1. The Morgan fingerprint density at radius 1 is 1.40 bits per heavy atom. The molecule has 1 fully saturated rings. The highest BCUT2D eigenvalue weighted by Gasteiger charge is 2.43. The van der Waals surface area contributed by atoms with Crippen molar-refractivity contribution >= 4 is 34.0 Å². The third-order valence-electron chi connectivity index (χ3n) is 4.12. The molecule has 2 aromatic rings. The molecule has 2 heterocycles. The number of halogens is 4. The molecule has 1 atom stereocenters. The zero-order valence-electron chi connectivity index (χ0n) is 13.7. The van der Waals surface area contributed by atoms with Gasteiger partial charge in [-0.3, -0.25) is 9.48 Å². The summed E-state index contributed by atoms with van der Waals surface area (Å²) in [5.41, 5.74) is -0.0621. The van der Waals surface area contributed by atoms with Crippen LogP contribution in [0, 0.1) is 13.8 Å². The van der Waals surface area contributed by atoms with Crippen LogP contribution in [0.15, 0.2) is 0 Å². The van der Waals surface area contributed by atoms with Gasteiger partial charge in [-0.25, -0.2) is 4.98 Å². The number of carbonyl (C=O) groups is 1. The Bertz CT molecular complexity index is 806. The van der Waals surface area contributed by atoms with Crippen LogP contribution in [0.2, 0.25) is 5.02 Å². The van der Waals surface area contributed by atoms with Gasteiger partial charge in [0.1, 0.15) is 6.04 Å². The first kappa shape index (κ1) is 18.2. The Hall–Kier alpha value is -1.61. The molecule has 136 valence electrons. The van der Waals surface area contributed by atoms with Crippen molar-refractivity contribution in [1.29, 1.82) is 0 Å². The van der Waals surface area contributed by atoms with E-state index in [2.05, 4.69) is 15.4 Å². The number of nitrogens with one attached hydrogen (secondary N) is 1. The van der Waals surface area contributed by atoms with Crippen molar-refractivity contribution in [3.8, 4) is 0 Å². The lowest BCUT2D eigenvalue weighted by Crippen LogP contribution is -2.26. The van der Waals surface area contributed by atoms with Crippen LogP contribution in [-0.4, -0.2) is 20.7 Å². The van der Waals surface area contributed by atoms with E-state index in [0.29, 0.717) is 5.13 Å². The summed E-state index contributed by atoms with van der Waals surface area (Å²) < 4.78 is 40.4. The van der Waals surface area contributed by atoms with E-state index in [1.807, 2.05) is 13.8 Å². The van der Waals surface area contributed by atoms with Crippen molar-refractivity contribution in [2.24, 2.45) is 0 Å². The van der Waals surface area contributed by atoms with Crippen LogP contribution >= 0.6 is 22.9 Å². The topological polar surface area (TPSA) is 59.8 Å². The second-order valence-corrected chi connectivity index (χ2v) is 7.67. The van der Waals surface area contributed by atoms with Gasteiger partial charge in [0.2, 0.25) is 0 Å². The Kier molecular flexibility index (Phi) is 4.57. The SMILES string of the molecule is Cc1nc(NC(=O)C(C)n2nc(C(F)(F)F)c(Cl)c2C2CC2)sc1C. The van der Waals surface area contributed by atoms with Crippen molar-refractivity contribution in [2.75, 3.05) is 5.32 Å². The van der Waals surface area contributed by atoms with Crippen molar-refractivity contribution in [3.05, 3.63) is 27.0 Å². The Morgan fingerprint density at radius 3 is 2.52 bits per heavy atom. The highest BCUT2D eigenvalue weighted by Crippen LogP contribution is 2.47. The van der Waals surface area contributed by atoms with Crippen molar-refractivity contribution < 1.29 is 18.0 Å². The fraction of sp³-hybridized carbons (Fsp3) is 0.533. The number of hydrogen-bond acceptors (Lipinski definition) is 4. The number of hydrogen-bond donors (Lipinski definition) is 1. The summed E-state index contributed by atoms with van der Waals surface area (Å²) in [4.78, 5) is 17.6. The van der Waals surface area contributed by atoms with Crippen LogP contribution in [0.3, 0.4) is 0 Å². The maximum absolute atomic E-state index is 13.1. The highest BCUT2D eigenvalue weighted by molar-refractivity contribution is 7.15. The van der Waals surface area contributed by atoms with Gasteiger partial charge in [0.05, 0.1) is 16.4 Å². The van der Waals surface area contributed by atoms with E-state index in [4.69, 9.17) is 11.6 Å². The van der Waals surface area contributed by atoms with Crippen LogP contribution in [-0.2, 0) is 11.0 Å². The molecule has 0 bridgehead atoms. The molecule has 1 unspecified atom stereocenters. The Balaban J connectivity index is 1.90. The number of nitrogens with zero attached hydrogens (tertiary/aromatic N) is 3. The molecule has 1 N–H and O–H groups in total. The molecule has 1 aliphatic carbocycles. The van der Waals surface area contributed by atoms with E-state index in [9.17, 15) is 18.0 Å². The highest BCUT2D eigenvalue weighted by atomic mass is 35.5. The van der Waals surface area contributed by atoms with Gasteiger partial charge in [0.15, 0.2) is 10.8 Å². The summed E-state index contributed by atoms with van der Waals surface area (Å²) in [7, 11) is 0. The van der Waals surface area contributed by atoms with E-state index in [1.54, 1.807) is 0 Å². The van der Waals surface area contributed by atoms with Gasteiger partial charge in [0, 0.05) is 10.8 Å². The molecule has 25 heavy (non-hydrogen) atoms. The standard InChI is InChI=1S/C15H16ClF3N4OS/c1-6-8(3)25-14(20-6)21-13(24)7(2)23-11(9-4-5-9)10(16)12(22-23)15(17,18)19/h7,9H,4-5H2,1-3H3,(H,20,21,24). The zero-order chi connectivity index (χ0) is 18.5. The molecule has 0 saturated heterocycles. The van der Waals surface area contributed by atoms with Crippen molar-refractivity contribution in [3.63, 3.8) is 0 Å². The minimum atomic E-state index is -4.66. The molecular weight excluding hydrogens is 377 g/mol. The molecule has 1 amide bonds. The van der Waals surface area contributed by atoms with Gasteiger partial charge in [0.25, 0.3) is 5.91 Å². The van der Waals surface area contributed by atoms with Crippen LogP contribution < -0.4 is 5.32 Å². The minimum absolute atomic E-state index is 0.0873. The summed E-state index contributed by atoms with van der Waals surface area (Å²) in [6.45, 7) is 5.19. The number of thiazole rings is 1. The molecule has 0 aliphatic heterocycles. The fourth-order valence-corrected chi connectivity index (χ4v) is 3.68. The van der Waals surface area contributed by atoms with E-state index in [0.717, 1.165) is 28.1 Å². The molecule has 0 radical (unpaired) electrons. The number of aromatic nitrogens is 3. The quantitative estimate of drug-likeness (QED) is 0.820. The summed E-state index contributed by atoms with van der Waals surface area (Å²) >= 11 is 7.25. The first-order valence-electron chi connectivity index (χ1n) is 7.69. The van der Waals surface area contributed by atoms with Gasteiger partial charge >= 0.3 is 6.18 Å². The second kappa shape index (κ2) is 6.28. The molecular formula is C15H16ClF3N4OS. The van der Waals surface area contributed by atoms with E-state index in [-0.39, 0.29) is 11.6 Å². The maximum Gasteiger partial charge on any atom is 0.436 e. The molecule has 1 saturated carbocycles. The van der Waals surface area contributed by atoms with Crippen LogP contribution in [0.5, 0.6) is 0 Å². The molecule has 1 aliphatic rings. The minimum Gasteiger partial charge on any atom is -0.300 e. The van der Waals surface area contributed by atoms with E-state index < -0.39 is 28.8 Å². The average Bonchev–Trinajstić information content (AvgIpc) is 3.20. The molecule has 3 rings (SSSR count). The summed E-state index contributed by atoms with van der Waals surface area (Å²) in [5.74, 6) is -0.570. The summed E-state index contributed by atoms with van der Waals surface area (Å²) in [6.07, 6.45) is -3.18. The molecule has 0 spiro atoms. The Morgan fingerprint density at radius 2 is 2.04 bits per heavy atom. The third-order valence-corrected chi connectivity index (χ3v) is 5.49. The lowest BCUT2D eigenvalue weighted by atomic mass is 10.2. The largest absolute Gasteiger partial charge is 0.436 e. The number of alkyl halides is 3. The maximum atomic E-state index is 13.1. The van der Waals surface area contributed by atoms with Crippen molar-refractivity contribution in [2.45, 2.75) is 51.7 Å². The van der Waals surface area contributed by atoms with Crippen LogP contribution in [0.1, 0.15) is 53.7 Å². The van der Waals surface area contributed by atoms with Gasteiger partial charge in [-0.1, -0.05) is 11.6 Å². The summed E-state index contributed by atoms with van der Waals surface area (Å²) in [6, 6.07) is -0.936.